The van der Waals surface area contributed by atoms with Crippen molar-refractivity contribution in [3.8, 4) is 0 Å². The number of nitrogens with two attached hydrogens (primary N) is 1. The Morgan fingerprint density at radius 2 is 2.35 bits per heavy atom. The number of aromatic amines is 1. The van der Waals surface area contributed by atoms with Crippen LogP contribution in [0.1, 0.15) is 12.6 Å². The highest BCUT2D eigenvalue weighted by molar-refractivity contribution is 6.01. The van der Waals surface area contributed by atoms with E-state index in [1.807, 2.05) is 0 Å². The van der Waals surface area contributed by atoms with Crippen molar-refractivity contribution < 1.29 is 14.7 Å². The fourth-order valence-corrected chi connectivity index (χ4v) is 1.06. The number of hydrogen-bond acceptors (Lipinski definition) is 4. The van der Waals surface area contributed by atoms with Gasteiger partial charge < -0.3 is 15.8 Å². The standard InChI is InChI=1S/C10H14N4O3/c1-5(2)8(15)14-10-12-4-6(13-10)3-7(11)9(16)17/h4,7H,1,3,11H2,2H3,(H,16,17)(H2,12,13,14,15). The smallest absolute Gasteiger partial charge is 0.320 e. The van der Waals surface area contributed by atoms with Crippen LogP contribution in [-0.4, -0.2) is 33.0 Å². The quantitative estimate of drug-likeness (QED) is 0.533. The molecule has 0 aliphatic heterocycles. The van der Waals surface area contributed by atoms with Gasteiger partial charge in [0.1, 0.15) is 6.04 Å². The maximum atomic E-state index is 11.3. The van der Waals surface area contributed by atoms with E-state index in [0.717, 1.165) is 0 Å². The van der Waals surface area contributed by atoms with Crippen LogP contribution in [0.3, 0.4) is 0 Å². The van der Waals surface area contributed by atoms with Crippen molar-refractivity contribution >= 4 is 17.8 Å². The molecule has 0 spiro atoms. The van der Waals surface area contributed by atoms with E-state index in [2.05, 4.69) is 21.9 Å². The van der Waals surface area contributed by atoms with Gasteiger partial charge in [-0.15, -0.1) is 0 Å². The number of amides is 1. The van der Waals surface area contributed by atoms with Gasteiger partial charge in [-0.25, -0.2) is 4.98 Å². The molecule has 7 nitrogen and oxygen atoms in total. The van der Waals surface area contributed by atoms with Crippen LogP contribution in [0.4, 0.5) is 5.95 Å². The first kappa shape index (κ1) is 12.9. The number of nitrogens with zero attached hydrogens (tertiary/aromatic N) is 1. The molecule has 0 aliphatic rings. The zero-order valence-corrected chi connectivity index (χ0v) is 9.36. The van der Waals surface area contributed by atoms with Gasteiger partial charge in [-0.05, 0) is 6.92 Å². The number of carbonyl (C=O) groups is 2. The first-order chi connectivity index (χ1) is 7.90. The van der Waals surface area contributed by atoms with Crippen LogP contribution in [0.15, 0.2) is 18.3 Å². The summed E-state index contributed by atoms with van der Waals surface area (Å²) < 4.78 is 0. The fraction of sp³-hybridized carbons (Fsp3) is 0.300. The third-order valence-electron chi connectivity index (χ3n) is 2.01. The molecule has 0 bridgehead atoms. The zero-order valence-electron chi connectivity index (χ0n) is 9.36. The number of aromatic nitrogens is 2. The Hall–Kier alpha value is -2.15. The summed E-state index contributed by atoms with van der Waals surface area (Å²) in [6.07, 6.45) is 1.54. The molecule has 0 radical (unpaired) electrons. The Kier molecular flexibility index (Phi) is 4.00. The van der Waals surface area contributed by atoms with Gasteiger partial charge in [-0.2, -0.15) is 0 Å². The summed E-state index contributed by atoms with van der Waals surface area (Å²) in [7, 11) is 0. The van der Waals surface area contributed by atoms with Crippen molar-refractivity contribution in [3.05, 3.63) is 24.0 Å². The number of imidazole rings is 1. The molecule has 1 unspecified atom stereocenters. The third-order valence-corrected chi connectivity index (χ3v) is 2.01. The van der Waals surface area contributed by atoms with E-state index in [0.29, 0.717) is 11.3 Å². The van der Waals surface area contributed by atoms with Crippen LogP contribution < -0.4 is 11.1 Å². The average Bonchev–Trinajstić information content (AvgIpc) is 2.65. The average molecular weight is 238 g/mol. The van der Waals surface area contributed by atoms with Crippen molar-refractivity contribution in [1.82, 2.24) is 9.97 Å². The molecule has 0 saturated carbocycles. The second-order valence-corrected chi connectivity index (χ2v) is 3.64. The first-order valence-corrected chi connectivity index (χ1v) is 4.89. The summed E-state index contributed by atoms with van der Waals surface area (Å²) in [4.78, 5) is 28.4. The first-order valence-electron chi connectivity index (χ1n) is 4.89. The van der Waals surface area contributed by atoms with Crippen molar-refractivity contribution in [2.45, 2.75) is 19.4 Å². The van der Waals surface area contributed by atoms with Crippen LogP contribution in [0, 0.1) is 0 Å². The molecule has 1 aromatic rings. The van der Waals surface area contributed by atoms with Crippen LogP contribution in [0.5, 0.6) is 0 Å². The Bertz CT molecular complexity index is 452. The van der Waals surface area contributed by atoms with Gasteiger partial charge in [0.2, 0.25) is 5.95 Å². The molecule has 1 rings (SSSR count). The number of carbonyl (C=O) groups excluding carboxylic acids is 1. The zero-order chi connectivity index (χ0) is 13.0. The molecule has 1 aromatic heterocycles. The topological polar surface area (TPSA) is 121 Å². The molecule has 0 aromatic carbocycles. The van der Waals surface area contributed by atoms with Crippen molar-refractivity contribution in [2.24, 2.45) is 5.73 Å². The molecule has 0 fully saturated rings. The Balaban J connectivity index is 2.62. The van der Waals surface area contributed by atoms with Crippen LogP contribution >= 0.6 is 0 Å². The fourth-order valence-electron chi connectivity index (χ4n) is 1.06. The van der Waals surface area contributed by atoms with Crippen LogP contribution in [0.25, 0.3) is 0 Å². The number of hydrogen-bond donors (Lipinski definition) is 4. The molecule has 1 heterocycles. The summed E-state index contributed by atoms with van der Waals surface area (Å²) in [6, 6.07) is -1.000. The van der Waals surface area contributed by atoms with Gasteiger partial charge >= 0.3 is 5.97 Å². The Morgan fingerprint density at radius 1 is 1.71 bits per heavy atom. The number of H-pyrrole nitrogens is 1. The molecule has 1 atom stereocenters. The summed E-state index contributed by atoms with van der Waals surface area (Å²) in [6.45, 7) is 5.05. The second-order valence-electron chi connectivity index (χ2n) is 3.64. The highest BCUT2D eigenvalue weighted by atomic mass is 16.4. The Labute approximate surface area is 97.7 Å². The third kappa shape index (κ3) is 3.72. The maximum absolute atomic E-state index is 11.3. The SMILES string of the molecule is C=C(C)C(=O)Nc1ncc(CC(N)C(=O)O)[nH]1. The molecule has 5 N–H and O–H groups in total. The summed E-state index contributed by atoms with van der Waals surface area (Å²) in [5, 5.41) is 11.1. The molecule has 0 saturated heterocycles. The second kappa shape index (κ2) is 5.26. The molecular weight excluding hydrogens is 224 g/mol. The minimum Gasteiger partial charge on any atom is -0.480 e. The van der Waals surface area contributed by atoms with Gasteiger partial charge in [0, 0.05) is 17.7 Å². The monoisotopic (exact) mass is 238 g/mol. The minimum absolute atomic E-state index is 0.116. The molecule has 7 heteroatoms. The molecule has 0 aliphatic carbocycles. The predicted octanol–water partition coefficient (Wildman–Crippen LogP) is -0.121. The van der Waals surface area contributed by atoms with Crippen LogP contribution in [0.2, 0.25) is 0 Å². The van der Waals surface area contributed by atoms with Gasteiger partial charge in [0.25, 0.3) is 5.91 Å². The number of anilines is 1. The summed E-state index contributed by atoms with van der Waals surface area (Å²) >= 11 is 0. The van der Waals surface area contributed by atoms with Gasteiger partial charge in [0.15, 0.2) is 0 Å². The van der Waals surface area contributed by atoms with E-state index in [-0.39, 0.29) is 18.3 Å². The van der Waals surface area contributed by atoms with E-state index in [1.54, 1.807) is 6.92 Å². The number of carboxylic acids is 1. The highest BCUT2D eigenvalue weighted by Gasteiger charge is 2.14. The largest absolute Gasteiger partial charge is 0.480 e. The number of carboxylic acid groups (broad SMARTS) is 1. The van der Waals surface area contributed by atoms with Crippen molar-refractivity contribution in [3.63, 3.8) is 0 Å². The van der Waals surface area contributed by atoms with E-state index in [1.165, 1.54) is 6.20 Å². The lowest BCUT2D eigenvalue weighted by Crippen LogP contribution is -2.32. The lowest BCUT2D eigenvalue weighted by Gasteiger charge is -2.03. The summed E-state index contributed by atoms with van der Waals surface area (Å²) in [5.74, 6) is -1.20. The maximum Gasteiger partial charge on any atom is 0.320 e. The molecular formula is C10H14N4O3. The Morgan fingerprint density at radius 3 is 2.88 bits per heavy atom. The van der Waals surface area contributed by atoms with Gasteiger partial charge in [-0.3, -0.25) is 14.9 Å². The predicted molar refractivity (Wildman–Crippen MR) is 61.3 cm³/mol. The summed E-state index contributed by atoms with van der Waals surface area (Å²) in [5.41, 5.74) is 6.25. The van der Waals surface area contributed by atoms with Crippen molar-refractivity contribution in [2.75, 3.05) is 5.32 Å². The minimum atomic E-state index is -1.09. The van der Waals surface area contributed by atoms with E-state index >= 15 is 0 Å². The lowest BCUT2D eigenvalue weighted by molar-refractivity contribution is -0.138. The van der Waals surface area contributed by atoms with E-state index in [4.69, 9.17) is 10.8 Å². The molecule has 17 heavy (non-hydrogen) atoms. The van der Waals surface area contributed by atoms with Crippen LogP contribution in [-0.2, 0) is 16.0 Å². The van der Waals surface area contributed by atoms with E-state index < -0.39 is 12.0 Å². The van der Waals surface area contributed by atoms with Gasteiger partial charge in [-0.1, -0.05) is 6.58 Å². The normalized spacial score (nSPS) is 11.9. The molecule has 1 amide bonds. The lowest BCUT2D eigenvalue weighted by atomic mass is 10.2. The number of nitrogens with one attached hydrogen (secondary N) is 2. The number of rotatable bonds is 5. The highest BCUT2D eigenvalue weighted by Crippen LogP contribution is 2.05. The van der Waals surface area contributed by atoms with Gasteiger partial charge in [0.05, 0.1) is 6.20 Å². The van der Waals surface area contributed by atoms with E-state index in [9.17, 15) is 9.59 Å². The number of aliphatic carboxylic acids is 1. The molecule has 92 valence electrons. The van der Waals surface area contributed by atoms with Crippen molar-refractivity contribution in [1.29, 1.82) is 0 Å².